The number of hydrogen-bond acceptors (Lipinski definition) is 4. The number of fused-ring (bicyclic) bond motifs is 1. The Morgan fingerprint density at radius 2 is 1.86 bits per heavy atom. The molecule has 0 atom stereocenters. The fourth-order valence-corrected chi connectivity index (χ4v) is 3.06. The molecule has 0 saturated carbocycles. The van der Waals surface area contributed by atoms with E-state index in [4.69, 9.17) is 9.15 Å². The Morgan fingerprint density at radius 3 is 2.52 bits per heavy atom. The van der Waals surface area contributed by atoms with Crippen LogP contribution in [0, 0.1) is 6.92 Å². The third-order valence-electron chi connectivity index (χ3n) is 4.48. The molecule has 2 aromatic rings. The Bertz CT molecular complexity index is 613. The molecule has 21 heavy (non-hydrogen) atoms. The first-order chi connectivity index (χ1) is 10.2. The Kier molecular flexibility index (Phi) is 4.17. The van der Waals surface area contributed by atoms with Gasteiger partial charge in [-0.3, -0.25) is 4.90 Å². The van der Waals surface area contributed by atoms with Gasteiger partial charge in [-0.15, -0.1) is 0 Å². The monoisotopic (exact) mass is 288 g/mol. The van der Waals surface area contributed by atoms with Crippen molar-refractivity contribution in [2.45, 2.75) is 20.4 Å². The summed E-state index contributed by atoms with van der Waals surface area (Å²) in [6, 6.07) is 4.17. The third-order valence-corrected chi connectivity index (χ3v) is 4.48. The number of rotatable bonds is 4. The fourth-order valence-electron chi connectivity index (χ4n) is 3.06. The summed E-state index contributed by atoms with van der Waals surface area (Å²) >= 11 is 0. The zero-order valence-electron chi connectivity index (χ0n) is 13.2. The van der Waals surface area contributed by atoms with Crippen molar-refractivity contribution in [2.75, 3.05) is 39.8 Å². The molecule has 114 valence electrons. The van der Waals surface area contributed by atoms with Gasteiger partial charge in [-0.25, -0.2) is 0 Å². The molecule has 1 aliphatic heterocycles. The van der Waals surface area contributed by atoms with E-state index in [-0.39, 0.29) is 0 Å². The zero-order valence-corrected chi connectivity index (χ0v) is 13.2. The molecule has 4 nitrogen and oxygen atoms in total. The Morgan fingerprint density at radius 1 is 1.14 bits per heavy atom. The largest absolute Gasteiger partial charge is 0.496 e. The van der Waals surface area contributed by atoms with Gasteiger partial charge in [-0.2, -0.15) is 0 Å². The van der Waals surface area contributed by atoms with Crippen LogP contribution in [0.3, 0.4) is 0 Å². The molecular weight excluding hydrogens is 264 g/mol. The van der Waals surface area contributed by atoms with Crippen molar-refractivity contribution >= 4 is 11.0 Å². The van der Waals surface area contributed by atoms with Gasteiger partial charge in [0.2, 0.25) is 0 Å². The summed E-state index contributed by atoms with van der Waals surface area (Å²) in [6.07, 6.45) is 1.90. The first-order valence-corrected chi connectivity index (χ1v) is 7.70. The summed E-state index contributed by atoms with van der Waals surface area (Å²) in [7, 11) is 1.72. The van der Waals surface area contributed by atoms with Crippen LogP contribution in [-0.2, 0) is 6.54 Å². The van der Waals surface area contributed by atoms with Gasteiger partial charge in [0.1, 0.15) is 11.3 Å². The lowest BCUT2D eigenvalue weighted by atomic mass is 10.1. The minimum Gasteiger partial charge on any atom is -0.496 e. The minimum absolute atomic E-state index is 0.931. The summed E-state index contributed by atoms with van der Waals surface area (Å²) in [5, 5.41) is 1.18. The van der Waals surface area contributed by atoms with Gasteiger partial charge < -0.3 is 14.1 Å². The number of furan rings is 1. The Labute approximate surface area is 126 Å². The molecule has 0 bridgehead atoms. The molecule has 1 fully saturated rings. The summed E-state index contributed by atoms with van der Waals surface area (Å²) in [5.74, 6) is 0.931. The summed E-state index contributed by atoms with van der Waals surface area (Å²) in [6.45, 7) is 11.0. The van der Waals surface area contributed by atoms with Crippen molar-refractivity contribution in [2.24, 2.45) is 0 Å². The summed E-state index contributed by atoms with van der Waals surface area (Å²) < 4.78 is 11.2. The van der Waals surface area contributed by atoms with Crippen molar-refractivity contribution in [1.82, 2.24) is 9.80 Å². The number of aryl methyl sites for hydroxylation is 1. The van der Waals surface area contributed by atoms with Gasteiger partial charge in [-0.05, 0) is 31.2 Å². The van der Waals surface area contributed by atoms with Crippen molar-refractivity contribution in [1.29, 1.82) is 0 Å². The van der Waals surface area contributed by atoms with E-state index in [9.17, 15) is 0 Å². The fraction of sp³-hybridized carbons (Fsp3) is 0.529. The molecule has 0 spiro atoms. The van der Waals surface area contributed by atoms with Crippen molar-refractivity contribution in [3.05, 3.63) is 29.5 Å². The van der Waals surface area contributed by atoms with Gasteiger partial charge in [0.15, 0.2) is 0 Å². The lowest BCUT2D eigenvalue weighted by Crippen LogP contribution is -2.45. The number of hydrogen-bond donors (Lipinski definition) is 0. The first kappa shape index (κ1) is 14.4. The molecule has 1 saturated heterocycles. The second kappa shape index (κ2) is 6.08. The third kappa shape index (κ3) is 2.92. The maximum atomic E-state index is 5.72. The quantitative estimate of drug-likeness (QED) is 0.865. The van der Waals surface area contributed by atoms with Crippen LogP contribution in [0.1, 0.15) is 18.1 Å². The van der Waals surface area contributed by atoms with Crippen LogP contribution in [0.4, 0.5) is 0 Å². The van der Waals surface area contributed by atoms with E-state index in [0.29, 0.717) is 0 Å². The molecule has 0 N–H and O–H groups in total. The van der Waals surface area contributed by atoms with Crippen LogP contribution in [0.2, 0.25) is 0 Å². The van der Waals surface area contributed by atoms with Crippen LogP contribution < -0.4 is 4.74 Å². The predicted octanol–water partition coefficient (Wildman–Crippen LogP) is 2.89. The molecule has 1 aromatic heterocycles. The molecule has 3 rings (SSSR count). The van der Waals surface area contributed by atoms with Gasteiger partial charge in [-0.1, -0.05) is 6.92 Å². The van der Waals surface area contributed by atoms with E-state index in [1.54, 1.807) is 7.11 Å². The molecule has 0 amide bonds. The highest BCUT2D eigenvalue weighted by molar-refractivity contribution is 5.83. The lowest BCUT2D eigenvalue weighted by Gasteiger charge is -2.33. The number of piperazine rings is 1. The molecule has 0 aliphatic carbocycles. The van der Waals surface area contributed by atoms with Crippen LogP contribution >= 0.6 is 0 Å². The van der Waals surface area contributed by atoms with Crippen molar-refractivity contribution < 1.29 is 9.15 Å². The van der Waals surface area contributed by atoms with Crippen LogP contribution in [0.5, 0.6) is 5.75 Å². The van der Waals surface area contributed by atoms with Crippen LogP contribution in [0.25, 0.3) is 11.0 Å². The molecule has 1 aromatic carbocycles. The minimum atomic E-state index is 0.931. The standard InChI is InChI=1S/C17H24N2O2/c1-4-18-5-7-19(8-6-18)11-14-12-21-17-9-13(2)16(20-3)10-15(14)17/h9-10,12H,4-8,11H2,1-3H3. The van der Waals surface area contributed by atoms with Crippen LogP contribution in [0.15, 0.2) is 22.8 Å². The molecule has 1 aliphatic rings. The molecule has 0 radical (unpaired) electrons. The number of methoxy groups -OCH3 is 1. The number of benzene rings is 1. The average molecular weight is 288 g/mol. The van der Waals surface area contributed by atoms with E-state index in [2.05, 4.69) is 28.9 Å². The smallest absolute Gasteiger partial charge is 0.134 e. The number of nitrogens with zero attached hydrogens (tertiary/aromatic N) is 2. The van der Waals surface area contributed by atoms with E-state index in [1.165, 1.54) is 10.9 Å². The molecule has 0 unspecified atom stereocenters. The Balaban J connectivity index is 1.78. The second-order valence-corrected chi connectivity index (χ2v) is 5.79. The topological polar surface area (TPSA) is 28.9 Å². The molecular formula is C17H24N2O2. The zero-order chi connectivity index (χ0) is 14.8. The predicted molar refractivity (Wildman–Crippen MR) is 84.9 cm³/mol. The van der Waals surface area contributed by atoms with Gasteiger partial charge in [0.05, 0.1) is 13.4 Å². The maximum absolute atomic E-state index is 5.72. The highest BCUT2D eigenvalue weighted by atomic mass is 16.5. The van der Waals surface area contributed by atoms with E-state index < -0.39 is 0 Å². The summed E-state index contributed by atoms with van der Waals surface area (Å²) in [4.78, 5) is 5.00. The lowest BCUT2D eigenvalue weighted by molar-refractivity contribution is 0.132. The highest BCUT2D eigenvalue weighted by Crippen LogP contribution is 2.29. The van der Waals surface area contributed by atoms with Gasteiger partial charge in [0.25, 0.3) is 0 Å². The van der Waals surface area contributed by atoms with Crippen molar-refractivity contribution in [3.8, 4) is 5.75 Å². The average Bonchev–Trinajstić information content (AvgIpc) is 2.89. The number of ether oxygens (including phenoxy) is 1. The van der Waals surface area contributed by atoms with Crippen LogP contribution in [-0.4, -0.2) is 49.6 Å². The molecule has 2 heterocycles. The highest BCUT2D eigenvalue weighted by Gasteiger charge is 2.18. The van der Waals surface area contributed by atoms with E-state index in [0.717, 1.165) is 56.2 Å². The van der Waals surface area contributed by atoms with Gasteiger partial charge >= 0.3 is 0 Å². The first-order valence-electron chi connectivity index (χ1n) is 7.70. The van der Waals surface area contributed by atoms with Crippen molar-refractivity contribution in [3.63, 3.8) is 0 Å². The Hall–Kier alpha value is -1.52. The normalized spacial score (nSPS) is 17.5. The maximum Gasteiger partial charge on any atom is 0.134 e. The number of likely N-dealkylation sites (N-methyl/N-ethyl adjacent to an activating group) is 1. The molecule has 4 heteroatoms. The van der Waals surface area contributed by atoms with E-state index in [1.807, 2.05) is 13.2 Å². The summed E-state index contributed by atoms with van der Waals surface area (Å²) in [5.41, 5.74) is 3.33. The SMILES string of the molecule is CCN1CCN(Cc2coc3cc(C)c(OC)cc23)CC1. The van der Waals surface area contributed by atoms with Gasteiger partial charge in [0, 0.05) is 43.7 Å². The second-order valence-electron chi connectivity index (χ2n) is 5.79. The van der Waals surface area contributed by atoms with E-state index >= 15 is 0 Å².